The summed E-state index contributed by atoms with van der Waals surface area (Å²) in [7, 11) is 1.57. The van der Waals surface area contributed by atoms with Gasteiger partial charge in [-0.1, -0.05) is 17.7 Å². The minimum atomic E-state index is -4.53. The number of nitrogens with one attached hydrogen (secondary N) is 1. The third-order valence-electron chi connectivity index (χ3n) is 4.24. The molecule has 1 aliphatic rings. The number of halogens is 4. The predicted octanol–water partition coefficient (Wildman–Crippen LogP) is 4.96. The number of alkyl halides is 3. The van der Waals surface area contributed by atoms with Crippen LogP contribution >= 0.6 is 11.6 Å². The molecule has 0 saturated carbocycles. The molecule has 0 aromatic heterocycles. The number of anilines is 1. The lowest BCUT2D eigenvalue weighted by Crippen LogP contribution is -2.38. The SMILES string of the molecule is COc1ccc2c(c1)CN(C(=O)Nc1ccc(C(F)(F)F)c(Cl)c1)CC2. The van der Waals surface area contributed by atoms with Crippen LogP contribution in [0.2, 0.25) is 5.02 Å². The van der Waals surface area contributed by atoms with E-state index in [9.17, 15) is 18.0 Å². The molecule has 1 heterocycles. The van der Waals surface area contributed by atoms with Gasteiger partial charge in [0.2, 0.25) is 0 Å². The van der Waals surface area contributed by atoms with Gasteiger partial charge in [-0.3, -0.25) is 0 Å². The number of urea groups is 1. The molecule has 2 aromatic carbocycles. The molecule has 2 aromatic rings. The van der Waals surface area contributed by atoms with Gasteiger partial charge in [0.05, 0.1) is 17.7 Å². The van der Waals surface area contributed by atoms with Crippen LogP contribution in [0.3, 0.4) is 0 Å². The Kier molecular flexibility index (Phi) is 5.00. The average molecular weight is 385 g/mol. The van der Waals surface area contributed by atoms with Gasteiger partial charge >= 0.3 is 12.2 Å². The molecule has 8 heteroatoms. The van der Waals surface area contributed by atoms with Crippen LogP contribution in [-0.4, -0.2) is 24.6 Å². The molecule has 0 atom stereocenters. The van der Waals surface area contributed by atoms with Crippen molar-refractivity contribution < 1.29 is 22.7 Å². The molecule has 4 nitrogen and oxygen atoms in total. The fraction of sp³-hybridized carbons (Fsp3) is 0.278. The van der Waals surface area contributed by atoms with Gasteiger partial charge in [-0.25, -0.2) is 4.79 Å². The van der Waals surface area contributed by atoms with E-state index in [1.807, 2.05) is 18.2 Å². The van der Waals surface area contributed by atoms with E-state index in [0.29, 0.717) is 25.3 Å². The Morgan fingerprint density at radius 1 is 1.19 bits per heavy atom. The highest BCUT2D eigenvalue weighted by atomic mass is 35.5. The van der Waals surface area contributed by atoms with E-state index in [4.69, 9.17) is 16.3 Å². The van der Waals surface area contributed by atoms with Gasteiger partial charge in [-0.05, 0) is 47.9 Å². The molecule has 0 radical (unpaired) electrons. The highest BCUT2D eigenvalue weighted by Crippen LogP contribution is 2.36. The molecule has 0 aliphatic carbocycles. The van der Waals surface area contributed by atoms with Crippen molar-refractivity contribution in [3.63, 3.8) is 0 Å². The normalized spacial score (nSPS) is 14.0. The van der Waals surface area contributed by atoms with Crippen molar-refractivity contribution in [3.05, 3.63) is 58.1 Å². The van der Waals surface area contributed by atoms with E-state index in [2.05, 4.69) is 5.32 Å². The molecule has 0 bridgehead atoms. The van der Waals surface area contributed by atoms with E-state index in [-0.39, 0.29) is 5.69 Å². The summed E-state index contributed by atoms with van der Waals surface area (Å²) in [6, 6.07) is 8.47. The summed E-state index contributed by atoms with van der Waals surface area (Å²) in [5, 5.41) is 2.14. The van der Waals surface area contributed by atoms with Crippen molar-refractivity contribution >= 4 is 23.3 Å². The highest BCUT2D eigenvalue weighted by molar-refractivity contribution is 6.31. The number of methoxy groups -OCH3 is 1. The third kappa shape index (κ3) is 3.88. The number of fused-ring (bicyclic) bond motifs is 1. The predicted molar refractivity (Wildman–Crippen MR) is 92.6 cm³/mol. The van der Waals surface area contributed by atoms with Crippen LogP contribution in [0.5, 0.6) is 5.75 Å². The highest BCUT2D eigenvalue weighted by Gasteiger charge is 2.33. The number of hydrogen-bond donors (Lipinski definition) is 1. The monoisotopic (exact) mass is 384 g/mol. The van der Waals surface area contributed by atoms with Crippen molar-refractivity contribution in [1.29, 1.82) is 0 Å². The lowest BCUT2D eigenvalue weighted by atomic mass is 10.00. The molecule has 0 fully saturated rings. The van der Waals surface area contributed by atoms with E-state index < -0.39 is 22.8 Å². The molecule has 3 rings (SSSR count). The minimum absolute atomic E-state index is 0.212. The molecule has 26 heavy (non-hydrogen) atoms. The van der Waals surface area contributed by atoms with Gasteiger partial charge in [0, 0.05) is 18.8 Å². The second-order valence-corrected chi connectivity index (χ2v) is 6.34. The zero-order valence-corrected chi connectivity index (χ0v) is 14.6. The minimum Gasteiger partial charge on any atom is -0.497 e. The summed E-state index contributed by atoms with van der Waals surface area (Å²) >= 11 is 5.68. The molecule has 138 valence electrons. The molecule has 0 unspecified atom stereocenters. The first kappa shape index (κ1) is 18.4. The lowest BCUT2D eigenvalue weighted by molar-refractivity contribution is -0.137. The summed E-state index contributed by atoms with van der Waals surface area (Å²) in [5.41, 5.74) is 1.41. The van der Waals surface area contributed by atoms with Gasteiger partial charge in [0.15, 0.2) is 0 Å². The Labute approximate surface area is 153 Å². The van der Waals surface area contributed by atoms with Gasteiger partial charge in [-0.15, -0.1) is 0 Å². The van der Waals surface area contributed by atoms with Gasteiger partial charge < -0.3 is 15.0 Å². The Hall–Kier alpha value is -2.41. The van der Waals surface area contributed by atoms with E-state index in [1.165, 1.54) is 6.07 Å². The standard InChI is InChI=1S/C18H16ClF3N2O2/c1-26-14-4-2-11-6-7-24(10-12(11)8-14)17(25)23-13-3-5-15(16(19)9-13)18(20,21)22/h2-5,8-9H,6-7,10H2,1H3,(H,23,25). The van der Waals surface area contributed by atoms with Gasteiger partial charge in [0.25, 0.3) is 0 Å². The largest absolute Gasteiger partial charge is 0.497 e. The maximum atomic E-state index is 12.7. The van der Waals surface area contributed by atoms with Crippen molar-refractivity contribution in [1.82, 2.24) is 4.90 Å². The Morgan fingerprint density at radius 2 is 1.96 bits per heavy atom. The average Bonchev–Trinajstić information content (AvgIpc) is 2.59. The topological polar surface area (TPSA) is 41.6 Å². The number of carbonyl (C=O) groups excluding carboxylic acids is 1. The Morgan fingerprint density at radius 3 is 2.62 bits per heavy atom. The van der Waals surface area contributed by atoms with Crippen LogP contribution < -0.4 is 10.1 Å². The molecule has 0 spiro atoms. The Balaban J connectivity index is 1.72. The number of hydrogen-bond acceptors (Lipinski definition) is 2. The molecule has 0 saturated heterocycles. The zero-order chi connectivity index (χ0) is 18.9. The smallest absolute Gasteiger partial charge is 0.417 e. The summed E-state index contributed by atoms with van der Waals surface area (Å²) in [6.45, 7) is 0.909. The summed E-state index contributed by atoms with van der Waals surface area (Å²) in [6.07, 6.45) is -3.84. The van der Waals surface area contributed by atoms with Gasteiger partial charge in [-0.2, -0.15) is 13.2 Å². The first-order valence-corrected chi connectivity index (χ1v) is 8.24. The van der Waals surface area contributed by atoms with Crippen molar-refractivity contribution in [2.75, 3.05) is 19.0 Å². The van der Waals surface area contributed by atoms with Crippen LogP contribution in [-0.2, 0) is 19.1 Å². The second kappa shape index (κ2) is 7.07. The summed E-state index contributed by atoms with van der Waals surface area (Å²) in [4.78, 5) is 14.0. The van der Waals surface area contributed by atoms with E-state index in [0.717, 1.165) is 23.3 Å². The third-order valence-corrected chi connectivity index (χ3v) is 4.55. The van der Waals surface area contributed by atoms with Crippen LogP contribution in [0.15, 0.2) is 36.4 Å². The second-order valence-electron chi connectivity index (χ2n) is 5.93. The summed E-state index contributed by atoms with van der Waals surface area (Å²) in [5.74, 6) is 0.709. The number of rotatable bonds is 2. The lowest BCUT2D eigenvalue weighted by Gasteiger charge is -2.29. The number of benzene rings is 2. The maximum absolute atomic E-state index is 12.7. The molecular formula is C18H16ClF3N2O2. The summed E-state index contributed by atoms with van der Waals surface area (Å²) < 4.78 is 43.4. The first-order valence-electron chi connectivity index (χ1n) is 7.86. The van der Waals surface area contributed by atoms with Crippen molar-refractivity contribution in [3.8, 4) is 5.75 Å². The van der Waals surface area contributed by atoms with Crippen LogP contribution in [0, 0.1) is 0 Å². The number of nitrogens with zero attached hydrogens (tertiary/aromatic N) is 1. The van der Waals surface area contributed by atoms with E-state index in [1.54, 1.807) is 12.0 Å². The number of carbonyl (C=O) groups is 1. The molecule has 1 N–H and O–H groups in total. The molecule has 2 amide bonds. The number of ether oxygens (including phenoxy) is 1. The fourth-order valence-electron chi connectivity index (χ4n) is 2.86. The van der Waals surface area contributed by atoms with Crippen molar-refractivity contribution in [2.24, 2.45) is 0 Å². The van der Waals surface area contributed by atoms with Crippen LogP contribution in [0.25, 0.3) is 0 Å². The first-order chi connectivity index (χ1) is 12.3. The molecular weight excluding hydrogens is 369 g/mol. The number of amides is 2. The van der Waals surface area contributed by atoms with Crippen LogP contribution in [0.4, 0.5) is 23.7 Å². The van der Waals surface area contributed by atoms with Crippen molar-refractivity contribution in [2.45, 2.75) is 19.1 Å². The van der Waals surface area contributed by atoms with Crippen LogP contribution in [0.1, 0.15) is 16.7 Å². The van der Waals surface area contributed by atoms with E-state index >= 15 is 0 Å². The molecule has 1 aliphatic heterocycles. The quantitative estimate of drug-likeness (QED) is 0.795. The maximum Gasteiger partial charge on any atom is 0.417 e. The van der Waals surface area contributed by atoms with Gasteiger partial charge in [0.1, 0.15) is 5.75 Å². The fourth-order valence-corrected chi connectivity index (χ4v) is 3.15. The Bertz CT molecular complexity index is 840. The zero-order valence-electron chi connectivity index (χ0n) is 13.9.